The number of benzene rings is 1. The van der Waals surface area contributed by atoms with Crippen molar-refractivity contribution < 1.29 is 13.7 Å². The zero-order chi connectivity index (χ0) is 17.4. The SMILES string of the molecule is Cc1ccncc1C(=O)N1CCC(c2noc3cc(F)ccc23)CC1. The van der Waals surface area contributed by atoms with E-state index in [2.05, 4.69) is 10.1 Å². The largest absolute Gasteiger partial charge is 0.356 e. The van der Waals surface area contributed by atoms with Crippen LogP contribution in [0.5, 0.6) is 0 Å². The van der Waals surface area contributed by atoms with Gasteiger partial charge < -0.3 is 9.42 Å². The molecule has 1 saturated heterocycles. The van der Waals surface area contributed by atoms with Crippen LogP contribution in [-0.4, -0.2) is 34.0 Å². The Morgan fingerprint density at radius 3 is 2.84 bits per heavy atom. The highest BCUT2D eigenvalue weighted by Crippen LogP contribution is 2.33. The minimum atomic E-state index is -0.331. The van der Waals surface area contributed by atoms with Crippen LogP contribution in [0.2, 0.25) is 0 Å². The molecule has 1 fully saturated rings. The number of rotatable bonds is 2. The third kappa shape index (κ3) is 2.88. The van der Waals surface area contributed by atoms with Crippen molar-refractivity contribution in [2.45, 2.75) is 25.7 Å². The predicted octanol–water partition coefficient (Wildman–Crippen LogP) is 3.69. The molecule has 25 heavy (non-hydrogen) atoms. The molecule has 0 N–H and O–H groups in total. The Kier molecular flexibility index (Phi) is 3.95. The van der Waals surface area contributed by atoms with Gasteiger partial charge in [0.05, 0.1) is 11.3 Å². The number of fused-ring (bicyclic) bond motifs is 1. The van der Waals surface area contributed by atoms with Crippen molar-refractivity contribution in [1.82, 2.24) is 15.0 Å². The maximum atomic E-state index is 13.3. The van der Waals surface area contributed by atoms with E-state index < -0.39 is 0 Å². The molecule has 5 nitrogen and oxygen atoms in total. The molecule has 1 amide bonds. The highest BCUT2D eigenvalue weighted by molar-refractivity contribution is 5.95. The number of pyridine rings is 1. The van der Waals surface area contributed by atoms with Crippen molar-refractivity contribution in [2.75, 3.05) is 13.1 Å². The first-order valence-electron chi connectivity index (χ1n) is 8.38. The summed E-state index contributed by atoms with van der Waals surface area (Å²) in [6, 6.07) is 6.34. The number of aromatic nitrogens is 2. The van der Waals surface area contributed by atoms with Gasteiger partial charge >= 0.3 is 0 Å². The van der Waals surface area contributed by atoms with E-state index in [0.717, 1.165) is 29.5 Å². The molecule has 4 rings (SSSR count). The second kappa shape index (κ2) is 6.27. The Morgan fingerprint density at radius 1 is 1.28 bits per heavy atom. The average Bonchev–Trinajstić information content (AvgIpc) is 3.04. The Balaban J connectivity index is 1.49. The highest BCUT2D eigenvalue weighted by Gasteiger charge is 2.28. The van der Waals surface area contributed by atoms with E-state index in [1.54, 1.807) is 18.5 Å². The van der Waals surface area contributed by atoms with Crippen molar-refractivity contribution in [3.63, 3.8) is 0 Å². The number of amides is 1. The quantitative estimate of drug-likeness (QED) is 0.714. The van der Waals surface area contributed by atoms with Crippen molar-refractivity contribution in [1.29, 1.82) is 0 Å². The van der Waals surface area contributed by atoms with Gasteiger partial charge in [-0.15, -0.1) is 0 Å². The molecule has 0 radical (unpaired) electrons. The van der Waals surface area contributed by atoms with Gasteiger partial charge in [0.2, 0.25) is 0 Å². The topological polar surface area (TPSA) is 59.2 Å². The first-order valence-corrected chi connectivity index (χ1v) is 8.38. The molecule has 1 aliphatic rings. The van der Waals surface area contributed by atoms with E-state index in [-0.39, 0.29) is 17.6 Å². The minimum Gasteiger partial charge on any atom is -0.356 e. The number of likely N-dealkylation sites (tertiary alicyclic amines) is 1. The summed E-state index contributed by atoms with van der Waals surface area (Å²) in [6.07, 6.45) is 4.94. The van der Waals surface area contributed by atoms with Crippen LogP contribution in [0.1, 0.15) is 40.4 Å². The van der Waals surface area contributed by atoms with Crippen LogP contribution in [0.25, 0.3) is 11.0 Å². The van der Waals surface area contributed by atoms with Crippen LogP contribution in [0, 0.1) is 12.7 Å². The van der Waals surface area contributed by atoms with Gasteiger partial charge in [-0.1, -0.05) is 5.16 Å². The lowest BCUT2D eigenvalue weighted by molar-refractivity contribution is 0.0710. The fourth-order valence-corrected chi connectivity index (χ4v) is 3.44. The van der Waals surface area contributed by atoms with Crippen molar-refractivity contribution in [3.8, 4) is 0 Å². The summed E-state index contributed by atoms with van der Waals surface area (Å²) in [6.45, 7) is 3.24. The van der Waals surface area contributed by atoms with Crippen LogP contribution < -0.4 is 0 Å². The van der Waals surface area contributed by atoms with Crippen LogP contribution in [0.4, 0.5) is 4.39 Å². The number of carbonyl (C=O) groups excluding carboxylic acids is 1. The summed E-state index contributed by atoms with van der Waals surface area (Å²) in [5.41, 5.74) is 2.93. The fourth-order valence-electron chi connectivity index (χ4n) is 3.44. The molecule has 2 aromatic heterocycles. The van der Waals surface area contributed by atoms with Gasteiger partial charge in [0, 0.05) is 42.9 Å². The summed E-state index contributed by atoms with van der Waals surface area (Å²) < 4.78 is 18.5. The number of piperidine rings is 1. The molecule has 0 spiro atoms. The van der Waals surface area contributed by atoms with Crippen LogP contribution in [0.3, 0.4) is 0 Å². The maximum absolute atomic E-state index is 13.3. The van der Waals surface area contributed by atoms with Crippen molar-refractivity contribution in [2.24, 2.45) is 0 Å². The third-order valence-corrected chi connectivity index (χ3v) is 4.90. The lowest BCUT2D eigenvalue weighted by atomic mass is 9.91. The second-order valence-electron chi connectivity index (χ2n) is 6.47. The number of hydrogen-bond acceptors (Lipinski definition) is 4. The van der Waals surface area contributed by atoms with Gasteiger partial charge in [0.15, 0.2) is 5.58 Å². The summed E-state index contributed by atoms with van der Waals surface area (Å²) in [7, 11) is 0. The summed E-state index contributed by atoms with van der Waals surface area (Å²) in [5.74, 6) is -0.0932. The highest BCUT2D eigenvalue weighted by atomic mass is 19.1. The van der Waals surface area contributed by atoms with Gasteiger partial charge in [0.25, 0.3) is 5.91 Å². The molecule has 0 unspecified atom stereocenters. The van der Waals surface area contributed by atoms with E-state index >= 15 is 0 Å². The van der Waals surface area contributed by atoms with E-state index in [0.29, 0.717) is 24.2 Å². The van der Waals surface area contributed by atoms with Crippen molar-refractivity contribution >= 4 is 16.9 Å². The maximum Gasteiger partial charge on any atom is 0.255 e. The molecule has 0 saturated carbocycles. The smallest absolute Gasteiger partial charge is 0.255 e. The number of hydrogen-bond donors (Lipinski definition) is 0. The Morgan fingerprint density at radius 2 is 2.08 bits per heavy atom. The number of carbonyl (C=O) groups is 1. The first kappa shape index (κ1) is 15.7. The van der Waals surface area contributed by atoms with Gasteiger partial charge in [-0.2, -0.15) is 0 Å². The number of halogens is 1. The molecule has 128 valence electrons. The van der Waals surface area contributed by atoms with E-state index in [4.69, 9.17) is 4.52 Å². The molecule has 3 heterocycles. The fraction of sp³-hybridized carbons (Fsp3) is 0.316. The van der Waals surface area contributed by atoms with Gasteiger partial charge in [-0.05, 0) is 43.5 Å². The predicted molar refractivity (Wildman–Crippen MR) is 90.8 cm³/mol. The van der Waals surface area contributed by atoms with E-state index in [9.17, 15) is 9.18 Å². The number of aryl methyl sites for hydroxylation is 1. The minimum absolute atomic E-state index is 0.0242. The second-order valence-corrected chi connectivity index (χ2v) is 6.47. The lowest BCUT2D eigenvalue weighted by Crippen LogP contribution is -2.38. The Labute approximate surface area is 144 Å². The van der Waals surface area contributed by atoms with Crippen molar-refractivity contribution in [3.05, 3.63) is 59.3 Å². The third-order valence-electron chi connectivity index (χ3n) is 4.90. The van der Waals surface area contributed by atoms with E-state index in [1.807, 2.05) is 17.9 Å². The molecular weight excluding hydrogens is 321 g/mol. The molecule has 3 aromatic rings. The monoisotopic (exact) mass is 339 g/mol. The molecule has 6 heteroatoms. The molecule has 1 aliphatic heterocycles. The summed E-state index contributed by atoms with van der Waals surface area (Å²) >= 11 is 0. The van der Waals surface area contributed by atoms with Gasteiger partial charge in [-0.3, -0.25) is 9.78 Å². The van der Waals surface area contributed by atoms with Gasteiger partial charge in [-0.25, -0.2) is 4.39 Å². The summed E-state index contributed by atoms with van der Waals surface area (Å²) in [4.78, 5) is 18.6. The van der Waals surface area contributed by atoms with E-state index in [1.165, 1.54) is 12.1 Å². The summed E-state index contributed by atoms with van der Waals surface area (Å²) in [5, 5.41) is 5.00. The Bertz CT molecular complexity index is 929. The lowest BCUT2D eigenvalue weighted by Gasteiger charge is -2.31. The normalized spacial score (nSPS) is 15.7. The standard InChI is InChI=1S/C19H18FN3O2/c1-12-4-7-21-11-16(12)19(24)23-8-5-13(6-9-23)18-15-3-2-14(20)10-17(15)25-22-18/h2-4,7,10-11,13H,5-6,8-9H2,1H3. The molecule has 0 atom stereocenters. The Hall–Kier alpha value is -2.76. The number of nitrogens with zero attached hydrogens (tertiary/aromatic N) is 3. The molecule has 1 aromatic carbocycles. The molecular formula is C19H18FN3O2. The van der Waals surface area contributed by atoms with Crippen LogP contribution >= 0.6 is 0 Å². The zero-order valence-corrected chi connectivity index (χ0v) is 13.9. The average molecular weight is 339 g/mol. The molecule has 0 bridgehead atoms. The molecule has 0 aliphatic carbocycles. The van der Waals surface area contributed by atoms with Crippen LogP contribution in [-0.2, 0) is 0 Å². The first-order chi connectivity index (χ1) is 12.1. The zero-order valence-electron chi connectivity index (χ0n) is 13.9. The van der Waals surface area contributed by atoms with Crippen LogP contribution in [0.15, 0.2) is 41.2 Å². The van der Waals surface area contributed by atoms with Gasteiger partial charge in [0.1, 0.15) is 5.82 Å².